The molecule has 0 unspecified atom stereocenters. The molecule has 0 spiro atoms. The van der Waals surface area contributed by atoms with E-state index >= 15 is 0 Å². The van der Waals surface area contributed by atoms with Gasteiger partial charge in [-0.25, -0.2) is 8.42 Å². The molecule has 0 radical (unpaired) electrons. The highest BCUT2D eigenvalue weighted by Crippen LogP contribution is 2.35. The second kappa shape index (κ2) is 3.73. The molecule has 1 aliphatic heterocycles. The second-order valence-electron chi connectivity index (χ2n) is 3.27. The summed E-state index contributed by atoms with van der Waals surface area (Å²) in [7, 11) is -3.35. The highest BCUT2D eigenvalue weighted by atomic mass is 79.9. The number of rotatable bonds is 2. The molecule has 0 amide bonds. The minimum Gasteiger partial charge on any atom is -0.396 e. The zero-order valence-corrected chi connectivity index (χ0v) is 10.2. The quantitative estimate of drug-likeness (QED) is 0.905. The molecule has 2 rings (SSSR count). The standard InChI is InChI=1S/C10H9BrO3S/c11-8-1-2-10-7(5-8)6-9(3-4-12)15(10,13)14/h1-2,5-6,12H,3-4H2. The maximum atomic E-state index is 11.9. The molecule has 0 fully saturated rings. The number of fused-ring (bicyclic) bond motifs is 1. The minimum atomic E-state index is -3.35. The van der Waals surface area contributed by atoms with Gasteiger partial charge in [-0.15, -0.1) is 0 Å². The van der Waals surface area contributed by atoms with Crippen molar-refractivity contribution < 1.29 is 13.5 Å². The van der Waals surface area contributed by atoms with Gasteiger partial charge in [0.05, 0.1) is 9.80 Å². The molecule has 1 aliphatic rings. The molecule has 0 aliphatic carbocycles. The Morgan fingerprint density at radius 1 is 1.33 bits per heavy atom. The summed E-state index contributed by atoms with van der Waals surface area (Å²) in [6, 6.07) is 5.04. The van der Waals surface area contributed by atoms with Crippen LogP contribution in [0.1, 0.15) is 12.0 Å². The first-order valence-corrected chi connectivity index (χ1v) is 6.69. The van der Waals surface area contributed by atoms with E-state index in [1.165, 1.54) is 0 Å². The number of benzene rings is 1. The van der Waals surface area contributed by atoms with Crippen LogP contribution in [0, 0.1) is 0 Å². The maximum Gasteiger partial charge on any atom is 0.203 e. The molecule has 1 aromatic rings. The summed E-state index contributed by atoms with van der Waals surface area (Å²) in [6.45, 7) is -0.153. The van der Waals surface area contributed by atoms with Gasteiger partial charge in [-0.2, -0.15) is 0 Å². The summed E-state index contributed by atoms with van der Waals surface area (Å²) in [6.07, 6.45) is 1.79. The third kappa shape index (κ3) is 1.75. The van der Waals surface area contributed by atoms with Gasteiger partial charge in [0.1, 0.15) is 0 Å². The lowest BCUT2D eigenvalue weighted by Gasteiger charge is -2.01. The van der Waals surface area contributed by atoms with Crippen molar-refractivity contribution in [2.24, 2.45) is 0 Å². The lowest BCUT2D eigenvalue weighted by Crippen LogP contribution is -2.02. The number of aliphatic hydroxyl groups is 1. The van der Waals surface area contributed by atoms with E-state index in [4.69, 9.17) is 5.11 Å². The van der Waals surface area contributed by atoms with Gasteiger partial charge >= 0.3 is 0 Å². The Bertz CT molecular complexity index is 532. The zero-order chi connectivity index (χ0) is 11.1. The van der Waals surface area contributed by atoms with E-state index in [0.717, 1.165) is 4.47 Å². The lowest BCUT2D eigenvalue weighted by atomic mass is 10.2. The molecule has 80 valence electrons. The first-order chi connectivity index (χ1) is 7.05. The van der Waals surface area contributed by atoms with Crippen molar-refractivity contribution in [2.75, 3.05) is 6.61 Å². The van der Waals surface area contributed by atoms with Crippen LogP contribution in [0.4, 0.5) is 0 Å². The molecule has 1 N–H and O–H groups in total. The fraction of sp³-hybridized carbons (Fsp3) is 0.200. The van der Waals surface area contributed by atoms with Gasteiger partial charge in [0.25, 0.3) is 0 Å². The van der Waals surface area contributed by atoms with E-state index in [2.05, 4.69) is 15.9 Å². The van der Waals surface area contributed by atoms with Gasteiger partial charge < -0.3 is 5.11 Å². The van der Waals surface area contributed by atoms with Crippen molar-refractivity contribution in [3.8, 4) is 0 Å². The van der Waals surface area contributed by atoms with Gasteiger partial charge in [0.15, 0.2) is 0 Å². The molecule has 1 heterocycles. The Morgan fingerprint density at radius 3 is 2.73 bits per heavy atom. The summed E-state index contributed by atoms with van der Waals surface area (Å²) in [5.41, 5.74) is 0.688. The molecule has 0 aromatic heterocycles. The van der Waals surface area contributed by atoms with Crippen LogP contribution >= 0.6 is 15.9 Å². The van der Waals surface area contributed by atoms with Gasteiger partial charge in [-0.1, -0.05) is 15.9 Å². The van der Waals surface area contributed by atoms with Crippen molar-refractivity contribution in [1.82, 2.24) is 0 Å². The Labute approximate surface area is 96.5 Å². The highest BCUT2D eigenvalue weighted by molar-refractivity contribution is 9.10. The van der Waals surface area contributed by atoms with Gasteiger partial charge in [-0.05, 0) is 29.8 Å². The van der Waals surface area contributed by atoms with Crippen LogP contribution in [-0.4, -0.2) is 20.1 Å². The highest BCUT2D eigenvalue weighted by Gasteiger charge is 2.28. The number of sulfone groups is 1. The summed E-state index contributed by atoms with van der Waals surface area (Å²) < 4.78 is 24.6. The molecule has 3 nitrogen and oxygen atoms in total. The molecule has 0 bridgehead atoms. The number of hydrogen-bond acceptors (Lipinski definition) is 3. The normalized spacial score (nSPS) is 17.3. The van der Waals surface area contributed by atoms with Crippen LogP contribution in [0.5, 0.6) is 0 Å². The van der Waals surface area contributed by atoms with Gasteiger partial charge in [0.2, 0.25) is 9.84 Å². The summed E-state index contributed by atoms with van der Waals surface area (Å²) in [5, 5.41) is 8.78. The van der Waals surface area contributed by atoms with Crippen LogP contribution in [0.15, 0.2) is 32.5 Å². The molecule has 0 saturated carbocycles. The summed E-state index contributed by atoms with van der Waals surface area (Å²) >= 11 is 3.29. The third-order valence-corrected chi connectivity index (χ3v) is 4.74. The van der Waals surface area contributed by atoms with Crippen LogP contribution < -0.4 is 0 Å². The van der Waals surface area contributed by atoms with E-state index in [-0.39, 0.29) is 17.9 Å². The van der Waals surface area contributed by atoms with Crippen LogP contribution in [0.25, 0.3) is 6.08 Å². The number of hydrogen-bond donors (Lipinski definition) is 1. The van der Waals surface area contributed by atoms with Gasteiger partial charge in [-0.3, -0.25) is 0 Å². The SMILES string of the molecule is O=S1(=O)C(CCO)=Cc2cc(Br)ccc21. The fourth-order valence-electron chi connectivity index (χ4n) is 1.59. The van der Waals surface area contributed by atoms with E-state index in [9.17, 15) is 8.42 Å². The predicted octanol–water partition coefficient (Wildman–Crippen LogP) is 1.96. The molecular formula is C10H9BrO3S. The van der Waals surface area contributed by atoms with Crippen molar-refractivity contribution in [1.29, 1.82) is 0 Å². The van der Waals surface area contributed by atoms with E-state index in [1.807, 2.05) is 0 Å². The minimum absolute atomic E-state index is 0.153. The Hall–Kier alpha value is -0.650. The average Bonchev–Trinajstić information content (AvgIpc) is 2.39. The maximum absolute atomic E-state index is 11.9. The topological polar surface area (TPSA) is 54.4 Å². The van der Waals surface area contributed by atoms with Crippen molar-refractivity contribution >= 4 is 31.8 Å². The summed E-state index contributed by atoms with van der Waals surface area (Å²) in [5.74, 6) is 0. The lowest BCUT2D eigenvalue weighted by molar-refractivity contribution is 0.301. The molecule has 0 atom stereocenters. The molecule has 15 heavy (non-hydrogen) atoms. The fourth-order valence-corrected chi connectivity index (χ4v) is 3.56. The number of aliphatic hydroxyl groups excluding tert-OH is 1. The monoisotopic (exact) mass is 288 g/mol. The zero-order valence-electron chi connectivity index (χ0n) is 7.77. The Balaban J connectivity index is 2.58. The first-order valence-electron chi connectivity index (χ1n) is 4.42. The molecule has 0 saturated heterocycles. The molecular weight excluding hydrogens is 280 g/mol. The largest absolute Gasteiger partial charge is 0.396 e. The second-order valence-corrected chi connectivity index (χ2v) is 6.16. The first kappa shape index (κ1) is 10.9. The van der Waals surface area contributed by atoms with Crippen LogP contribution in [-0.2, 0) is 9.84 Å². The average molecular weight is 289 g/mol. The summed E-state index contributed by atoms with van der Waals surface area (Å²) in [4.78, 5) is 0.618. The van der Waals surface area contributed by atoms with Crippen molar-refractivity contribution in [3.63, 3.8) is 0 Å². The predicted molar refractivity (Wildman–Crippen MR) is 61.0 cm³/mol. The van der Waals surface area contributed by atoms with E-state index in [0.29, 0.717) is 10.5 Å². The number of halogens is 1. The van der Waals surface area contributed by atoms with E-state index in [1.54, 1.807) is 24.3 Å². The Kier molecular flexibility index (Phi) is 2.70. The molecule has 1 aromatic carbocycles. The Morgan fingerprint density at radius 2 is 2.07 bits per heavy atom. The molecule has 5 heteroatoms. The van der Waals surface area contributed by atoms with Crippen LogP contribution in [0.2, 0.25) is 0 Å². The van der Waals surface area contributed by atoms with Crippen molar-refractivity contribution in [3.05, 3.63) is 33.1 Å². The van der Waals surface area contributed by atoms with E-state index < -0.39 is 9.84 Å². The van der Waals surface area contributed by atoms with Crippen molar-refractivity contribution in [2.45, 2.75) is 11.3 Å². The van der Waals surface area contributed by atoms with Crippen LogP contribution in [0.3, 0.4) is 0 Å². The van der Waals surface area contributed by atoms with Gasteiger partial charge in [0, 0.05) is 17.5 Å². The third-order valence-electron chi connectivity index (χ3n) is 2.28. The smallest absolute Gasteiger partial charge is 0.203 e.